The molecule has 8 nitrogen and oxygen atoms in total. The summed E-state index contributed by atoms with van der Waals surface area (Å²) >= 11 is 0. The van der Waals surface area contributed by atoms with Gasteiger partial charge in [0.1, 0.15) is 0 Å². The van der Waals surface area contributed by atoms with E-state index in [0.29, 0.717) is 48.4 Å². The Labute approximate surface area is 162 Å². The van der Waals surface area contributed by atoms with E-state index >= 15 is 0 Å². The first-order chi connectivity index (χ1) is 13.5. The second kappa shape index (κ2) is 7.34. The molecule has 0 unspecified atom stereocenters. The van der Waals surface area contributed by atoms with Crippen LogP contribution >= 0.6 is 0 Å². The molecule has 146 valence electrons. The Morgan fingerprint density at radius 1 is 1.18 bits per heavy atom. The van der Waals surface area contributed by atoms with Crippen LogP contribution in [0.1, 0.15) is 5.56 Å². The minimum Gasteiger partial charge on any atom is -0.481 e. The maximum Gasteiger partial charge on any atom is 0.307 e. The van der Waals surface area contributed by atoms with Gasteiger partial charge in [-0.15, -0.1) is 0 Å². The fourth-order valence-corrected chi connectivity index (χ4v) is 5.11. The number of aromatic nitrogens is 2. The van der Waals surface area contributed by atoms with Crippen LogP contribution in [0.4, 0.5) is 0 Å². The summed E-state index contributed by atoms with van der Waals surface area (Å²) in [4.78, 5) is 11.3. The third kappa shape index (κ3) is 3.39. The molecule has 0 saturated carbocycles. The van der Waals surface area contributed by atoms with E-state index in [9.17, 15) is 13.2 Å². The quantitative estimate of drug-likeness (QED) is 0.667. The highest BCUT2D eigenvalue weighted by atomic mass is 32.2. The molecule has 0 aliphatic carbocycles. The molecule has 2 aromatic heterocycles. The third-order valence-corrected chi connectivity index (χ3v) is 6.79. The Balaban J connectivity index is 1.81. The zero-order valence-corrected chi connectivity index (χ0v) is 15.9. The number of nitrogens with one attached hydrogen (secondary N) is 1. The Kier molecular flexibility index (Phi) is 4.88. The highest BCUT2D eigenvalue weighted by molar-refractivity contribution is 7.89. The van der Waals surface area contributed by atoms with E-state index in [2.05, 4.69) is 10.4 Å². The number of fused-ring (bicyclic) bond motifs is 1. The van der Waals surface area contributed by atoms with E-state index < -0.39 is 16.0 Å². The van der Waals surface area contributed by atoms with Crippen LogP contribution < -0.4 is 5.32 Å². The molecule has 3 heterocycles. The number of carbonyl (C=O) groups is 1. The van der Waals surface area contributed by atoms with Crippen molar-refractivity contribution >= 4 is 21.5 Å². The van der Waals surface area contributed by atoms with Crippen molar-refractivity contribution in [2.75, 3.05) is 26.2 Å². The second-order valence-corrected chi connectivity index (χ2v) is 8.54. The average Bonchev–Trinajstić information content (AvgIpc) is 3.10. The number of rotatable bonds is 5. The van der Waals surface area contributed by atoms with E-state index in [-0.39, 0.29) is 11.3 Å². The largest absolute Gasteiger partial charge is 0.481 e. The Morgan fingerprint density at radius 2 is 1.93 bits per heavy atom. The lowest BCUT2D eigenvalue weighted by atomic mass is 10.1. The van der Waals surface area contributed by atoms with Crippen LogP contribution in [0.15, 0.2) is 53.7 Å². The van der Waals surface area contributed by atoms with Crippen molar-refractivity contribution in [2.24, 2.45) is 0 Å². The van der Waals surface area contributed by atoms with Gasteiger partial charge < -0.3 is 10.4 Å². The molecule has 0 bridgehead atoms. The van der Waals surface area contributed by atoms with Crippen LogP contribution in [-0.2, 0) is 21.2 Å². The molecule has 0 spiro atoms. The summed E-state index contributed by atoms with van der Waals surface area (Å²) < 4.78 is 29.5. The van der Waals surface area contributed by atoms with Crippen LogP contribution in [0.2, 0.25) is 0 Å². The highest BCUT2D eigenvalue weighted by Crippen LogP contribution is 2.31. The van der Waals surface area contributed by atoms with Gasteiger partial charge in [-0.05, 0) is 23.8 Å². The lowest BCUT2D eigenvalue weighted by Crippen LogP contribution is -2.46. The van der Waals surface area contributed by atoms with Gasteiger partial charge in [0.05, 0.1) is 23.0 Å². The molecule has 1 aromatic carbocycles. The first-order valence-corrected chi connectivity index (χ1v) is 10.4. The van der Waals surface area contributed by atoms with E-state index in [1.807, 2.05) is 0 Å². The smallest absolute Gasteiger partial charge is 0.307 e. The number of carboxylic acids is 1. The zero-order chi connectivity index (χ0) is 19.7. The molecule has 9 heteroatoms. The van der Waals surface area contributed by atoms with Crippen LogP contribution in [0.25, 0.3) is 16.6 Å². The fourth-order valence-electron chi connectivity index (χ4n) is 3.45. The maximum atomic E-state index is 13.2. The molecule has 2 N–H and O–H groups in total. The standard InChI is InChI=1S/C19H20N4O4S/c24-19(25)12-15-13-21-23-8-5-14(11-17(15)23)16-3-1-2-4-18(16)28(26,27)22-9-6-20-7-10-22/h1-5,8,11,13,20H,6-7,9-10,12H2,(H,24,25). The summed E-state index contributed by atoms with van der Waals surface area (Å²) in [6.45, 7) is 2.12. The number of nitrogens with zero attached hydrogens (tertiary/aromatic N) is 3. The Hall–Kier alpha value is -2.75. The fraction of sp³-hybridized carbons (Fsp3) is 0.263. The SMILES string of the molecule is O=C(O)Cc1cnn2ccc(-c3ccccc3S(=O)(=O)N3CCNCC3)cc12. The van der Waals surface area contributed by atoms with Gasteiger partial charge in [-0.1, -0.05) is 18.2 Å². The van der Waals surface area contributed by atoms with E-state index in [0.717, 1.165) is 0 Å². The summed E-state index contributed by atoms with van der Waals surface area (Å²) in [7, 11) is -3.63. The van der Waals surface area contributed by atoms with Gasteiger partial charge in [0.25, 0.3) is 0 Å². The topological polar surface area (TPSA) is 104 Å². The Morgan fingerprint density at radius 3 is 2.68 bits per heavy atom. The first-order valence-electron chi connectivity index (χ1n) is 8.95. The van der Waals surface area contributed by atoms with Crippen LogP contribution in [0.3, 0.4) is 0 Å². The molecular weight excluding hydrogens is 380 g/mol. The molecule has 1 saturated heterocycles. The number of carboxylic acid groups (broad SMARTS) is 1. The molecule has 0 radical (unpaired) electrons. The van der Waals surface area contributed by atoms with Gasteiger partial charge in [-0.25, -0.2) is 12.9 Å². The summed E-state index contributed by atoms with van der Waals surface area (Å²) in [5.74, 6) is -0.943. The predicted octanol–water partition coefficient (Wildman–Crippen LogP) is 1.22. The Bertz CT molecular complexity index is 1130. The summed E-state index contributed by atoms with van der Waals surface area (Å²) in [6.07, 6.45) is 3.09. The highest BCUT2D eigenvalue weighted by Gasteiger charge is 2.28. The van der Waals surface area contributed by atoms with Gasteiger partial charge in [0, 0.05) is 43.5 Å². The van der Waals surface area contributed by atoms with Crippen molar-refractivity contribution in [1.82, 2.24) is 19.2 Å². The van der Waals surface area contributed by atoms with Crippen molar-refractivity contribution in [3.63, 3.8) is 0 Å². The summed E-state index contributed by atoms with van der Waals surface area (Å²) in [5, 5.41) is 16.4. The number of hydrogen-bond donors (Lipinski definition) is 2. The van der Waals surface area contributed by atoms with Crippen molar-refractivity contribution in [2.45, 2.75) is 11.3 Å². The minimum atomic E-state index is -3.63. The minimum absolute atomic E-state index is 0.145. The van der Waals surface area contributed by atoms with Crippen LogP contribution in [-0.4, -0.2) is 59.6 Å². The number of piperazine rings is 1. The molecule has 1 aliphatic rings. The predicted molar refractivity (Wildman–Crippen MR) is 104 cm³/mol. The van der Waals surface area contributed by atoms with E-state index in [1.165, 1.54) is 10.5 Å². The van der Waals surface area contributed by atoms with Gasteiger partial charge >= 0.3 is 5.97 Å². The number of benzene rings is 1. The number of pyridine rings is 1. The van der Waals surface area contributed by atoms with Gasteiger partial charge in [0.15, 0.2) is 0 Å². The van der Waals surface area contributed by atoms with Crippen molar-refractivity contribution in [3.05, 3.63) is 54.4 Å². The second-order valence-electron chi connectivity index (χ2n) is 6.64. The number of sulfonamides is 1. The lowest BCUT2D eigenvalue weighted by molar-refractivity contribution is -0.136. The summed E-state index contributed by atoms with van der Waals surface area (Å²) in [5.41, 5.74) is 2.52. The number of hydrogen-bond acceptors (Lipinski definition) is 5. The molecule has 0 atom stereocenters. The van der Waals surface area contributed by atoms with Crippen LogP contribution in [0, 0.1) is 0 Å². The van der Waals surface area contributed by atoms with Gasteiger partial charge in [-0.2, -0.15) is 9.40 Å². The molecule has 0 amide bonds. The van der Waals surface area contributed by atoms with Gasteiger partial charge in [-0.3, -0.25) is 4.79 Å². The number of aliphatic carboxylic acids is 1. The first kappa shape index (κ1) is 18.6. The van der Waals surface area contributed by atoms with Crippen LogP contribution in [0.5, 0.6) is 0 Å². The van der Waals surface area contributed by atoms with Crippen molar-refractivity contribution in [1.29, 1.82) is 0 Å². The summed E-state index contributed by atoms with van der Waals surface area (Å²) in [6, 6.07) is 10.5. The molecule has 4 rings (SSSR count). The zero-order valence-electron chi connectivity index (χ0n) is 15.1. The molecule has 3 aromatic rings. The van der Waals surface area contributed by atoms with Crippen molar-refractivity contribution in [3.8, 4) is 11.1 Å². The van der Waals surface area contributed by atoms with Crippen molar-refractivity contribution < 1.29 is 18.3 Å². The average molecular weight is 400 g/mol. The third-order valence-electron chi connectivity index (χ3n) is 4.83. The monoisotopic (exact) mass is 400 g/mol. The molecule has 28 heavy (non-hydrogen) atoms. The lowest BCUT2D eigenvalue weighted by Gasteiger charge is -2.27. The van der Waals surface area contributed by atoms with Gasteiger partial charge in [0.2, 0.25) is 10.0 Å². The maximum absolute atomic E-state index is 13.2. The normalized spacial score (nSPS) is 15.7. The molecular formula is C19H20N4O4S. The van der Waals surface area contributed by atoms with E-state index in [1.54, 1.807) is 47.1 Å². The van der Waals surface area contributed by atoms with E-state index in [4.69, 9.17) is 5.11 Å². The molecule has 1 aliphatic heterocycles. The molecule has 1 fully saturated rings.